The van der Waals surface area contributed by atoms with Gasteiger partial charge in [0.1, 0.15) is 5.78 Å². The van der Waals surface area contributed by atoms with E-state index in [0.29, 0.717) is 12.8 Å². The van der Waals surface area contributed by atoms with E-state index in [1.807, 2.05) is 20.8 Å². The molecule has 150 valence electrons. The molecule has 5 nitrogen and oxygen atoms in total. The number of allylic oxidation sites excluding steroid dienone is 1. The summed E-state index contributed by atoms with van der Waals surface area (Å²) in [7, 11) is -3.97. The molecule has 2 rings (SSSR count). The van der Waals surface area contributed by atoms with Crippen LogP contribution in [0.1, 0.15) is 45.1 Å². The largest absolute Gasteiger partial charge is 0.387 e. The second-order valence-electron chi connectivity index (χ2n) is 7.84. The van der Waals surface area contributed by atoms with E-state index in [4.69, 9.17) is 4.18 Å². The standard InChI is InChI=1S/C21H30O5S/c1-5-6-7-18-20(15(2)3)19(22)12-13-21(18,23)14-26-27(24,25)17-10-8-16(4)9-11-17/h5,8-11,15,18,20,23H,1,6-7,12-14H2,2-4H3/t18-,20?,21+/m0/s1. The average Bonchev–Trinajstić information content (AvgIpc) is 2.61. The molecule has 0 aliphatic heterocycles. The number of carbonyl (C=O) groups is 1. The molecule has 1 saturated carbocycles. The minimum absolute atomic E-state index is 0.0617. The topological polar surface area (TPSA) is 80.7 Å². The summed E-state index contributed by atoms with van der Waals surface area (Å²) in [6.45, 7) is 9.16. The summed E-state index contributed by atoms with van der Waals surface area (Å²) in [5.41, 5.74) is -0.411. The Morgan fingerprint density at radius 2 is 1.96 bits per heavy atom. The van der Waals surface area contributed by atoms with Gasteiger partial charge in [0.2, 0.25) is 0 Å². The van der Waals surface area contributed by atoms with Crippen molar-refractivity contribution in [2.75, 3.05) is 6.61 Å². The van der Waals surface area contributed by atoms with Crippen LogP contribution in [-0.4, -0.2) is 31.5 Å². The van der Waals surface area contributed by atoms with Crippen molar-refractivity contribution in [2.45, 2.75) is 57.0 Å². The molecule has 0 amide bonds. The highest BCUT2D eigenvalue weighted by molar-refractivity contribution is 7.86. The van der Waals surface area contributed by atoms with Crippen molar-refractivity contribution in [3.05, 3.63) is 42.5 Å². The van der Waals surface area contributed by atoms with Crippen molar-refractivity contribution in [1.29, 1.82) is 0 Å². The SMILES string of the molecule is C=CCC[C@H]1C(C(C)C)C(=O)CC[C@@]1(O)COS(=O)(=O)c1ccc(C)cc1. The van der Waals surface area contributed by atoms with E-state index in [9.17, 15) is 18.3 Å². The van der Waals surface area contributed by atoms with Gasteiger partial charge in [-0.25, -0.2) is 0 Å². The molecule has 1 N–H and O–H groups in total. The second kappa shape index (κ2) is 8.67. The Bertz CT molecular complexity index is 766. The lowest BCUT2D eigenvalue weighted by molar-refractivity contribution is -0.149. The number of aryl methyl sites for hydroxylation is 1. The quantitative estimate of drug-likeness (QED) is 0.538. The van der Waals surface area contributed by atoms with Gasteiger partial charge in [0.15, 0.2) is 0 Å². The fraction of sp³-hybridized carbons (Fsp3) is 0.571. The fourth-order valence-electron chi connectivity index (χ4n) is 3.96. The zero-order valence-corrected chi connectivity index (χ0v) is 17.2. The van der Waals surface area contributed by atoms with Crippen LogP contribution >= 0.6 is 0 Å². The number of hydrogen-bond donors (Lipinski definition) is 1. The van der Waals surface area contributed by atoms with E-state index in [2.05, 4.69) is 6.58 Å². The normalized spacial score (nSPS) is 26.3. The Hall–Kier alpha value is -1.50. The fourth-order valence-corrected chi connectivity index (χ4v) is 4.93. The molecule has 0 spiro atoms. The Balaban J connectivity index is 2.23. The van der Waals surface area contributed by atoms with Crippen LogP contribution in [0.25, 0.3) is 0 Å². The first-order valence-corrected chi connectivity index (χ1v) is 10.8. The van der Waals surface area contributed by atoms with Gasteiger partial charge in [0.05, 0.1) is 17.1 Å². The molecule has 1 fully saturated rings. The third kappa shape index (κ3) is 5.06. The first kappa shape index (κ1) is 21.8. The van der Waals surface area contributed by atoms with Crippen LogP contribution in [0.2, 0.25) is 0 Å². The Labute approximate surface area is 162 Å². The number of Topliss-reactive ketones (excluding diaryl/α,β-unsaturated/α-hetero) is 1. The molecule has 0 heterocycles. The van der Waals surface area contributed by atoms with Gasteiger partial charge in [-0.1, -0.05) is 37.6 Å². The highest BCUT2D eigenvalue weighted by Gasteiger charge is 2.49. The van der Waals surface area contributed by atoms with E-state index in [-0.39, 0.29) is 47.9 Å². The molecule has 0 bridgehead atoms. The predicted octanol–water partition coefficient (Wildman–Crippen LogP) is 3.65. The zero-order chi connectivity index (χ0) is 20.2. The molecule has 1 aromatic rings. The van der Waals surface area contributed by atoms with E-state index in [1.165, 1.54) is 12.1 Å². The number of hydrogen-bond acceptors (Lipinski definition) is 5. The van der Waals surface area contributed by atoms with Gasteiger partial charge in [0.25, 0.3) is 10.1 Å². The maximum absolute atomic E-state index is 12.5. The monoisotopic (exact) mass is 394 g/mol. The Morgan fingerprint density at radius 1 is 1.33 bits per heavy atom. The number of benzene rings is 1. The maximum Gasteiger partial charge on any atom is 0.297 e. The van der Waals surface area contributed by atoms with Gasteiger partial charge in [-0.2, -0.15) is 8.42 Å². The van der Waals surface area contributed by atoms with Crippen LogP contribution in [-0.2, 0) is 19.1 Å². The highest BCUT2D eigenvalue weighted by Crippen LogP contribution is 2.43. The summed E-state index contributed by atoms with van der Waals surface area (Å²) in [5, 5.41) is 11.3. The van der Waals surface area contributed by atoms with Crippen molar-refractivity contribution in [3.8, 4) is 0 Å². The van der Waals surface area contributed by atoms with Crippen LogP contribution in [0.4, 0.5) is 0 Å². The third-order valence-corrected chi connectivity index (χ3v) is 6.75. The summed E-state index contributed by atoms with van der Waals surface area (Å²) in [6.07, 6.45) is 3.41. The summed E-state index contributed by atoms with van der Waals surface area (Å²) in [5.74, 6) is -0.475. The Morgan fingerprint density at radius 3 is 2.52 bits per heavy atom. The maximum atomic E-state index is 12.5. The lowest BCUT2D eigenvalue weighted by Crippen LogP contribution is -2.53. The van der Waals surface area contributed by atoms with Crippen molar-refractivity contribution in [3.63, 3.8) is 0 Å². The van der Waals surface area contributed by atoms with Crippen molar-refractivity contribution in [1.82, 2.24) is 0 Å². The first-order valence-electron chi connectivity index (χ1n) is 9.43. The molecule has 3 atom stereocenters. The van der Waals surface area contributed by atoms with Crippen molar-refractivity contribution >= 4 is 15.9 Å². The second-order valence-corrected chi connectivity index (χ2v) is 9.46. The molecule has 0 radical (unpaired) electrons. The average molecular weight is 395 g/mol. The molecule has 0 saturated heterocycles. The van der Waals surface area contributed by atoms with Crippen LogP contribution in [0.3, 0.4) is 0 Å². The number of aliphatic hydroxyl groups is 1. The summed E-state index contributed by atoms with van der Waals surface area (Å²) in [4.78, 5) is 12.5. The minimum Gasteiger partial charge on any atom is -0.387 e. The number of ketones is 1. The van der Waals surface area contributed by atoms with Gasteiger partial charge in [0, 0.05) is 18.3 Å². The number of carbonyl (C=O) groups excluding carboxylic acids is 1. The van der Waals surface area contributed by atoms with Gasteiger partial charge in [-0.05, 0) is 44.2 Å². The van der Waals surface area contributed by atoms with E-state index in [1.54, 1.807) is 18.2 Å². The summed E-state index contributed by atoms with van der Waals surface area (Å²) >= 11 is 0. The molecular weight excluding hydrogens is 364 g/mol. The van der Waals surface area contributed by atoms with Crippen molar-refractivity contribution < 1.29 is 22.5 Å². The lowest BCUT2D eigenvalue weighted by atomic mass is 9.63. The van der Waals surface area contributed by atoms with Gasteiger partial charge in [-0.3, -0.25) is 8.98 Å². The zero-order valence-electron chi connectivity index (χ0n) is 16.3. The molecule has 1 unspecified atom stereocenters. The Kier molecular flexibility index (Phi) is 7.00. The summed E-state index contributed by atoms with van der Waals surface area (Å²) < 4.78 is 30.3. The van der Waals surface area contributed by atoms with Gasteiger partial charge in [-0.15, -0.1) is 6.58 Å². The van der Waals surface area contributed by atoms with Gasteiger partial charge < -0.3 is 5.11 Å². The van der Waals surface area contributed by atoms with Gasteiger partial charge >= 0.3 is 0 Å². The molecule has 27 heavy (non-hydrogen) atoms. The smallest absolute Gasteiger partial charge is 0.297 e. The van der Waals surface area contributed by atoms with E-state index < -0.39 is 15.7 Å². The molecule has 1 aromatic carbocycles. The molecule has 1 aliphatic carbocycles. The molecule has 1 aliphatic rings. The molecular formula is C21H30O5S. The predicted molar refractivity (Wildman–Crippen MR) is 105 cm³/mol. The van der Waals surface area contributed by atoms with Crippen LogP contribution in [0, 0.1) is 24.7 Å². The number of rotatable bonds is 8. The van der Waals surface area contributed by atoms with Crippen LogP contribution in [0.5, 0.6) is 0 Å². The molecule has 6 heteroatoms. The van der Waals surface area contributed by atoms with Crippen LogP contribution < -0.4 is 0 Å². The van der Waals surface area contributed by atoms with Crippen LogP contribution in [0.15, 0.2) is 41.8 Å². The van der Waals surface area contributed by atoms with E-state index in [0.717, 1.165) is 5.56 Å². The summed E-state index contributed by atoms with van der Waals surface area (Å²) in [6, 6.07) is 6.38. The molecule has 0 aromatic heterocycles. The first-order chi connectivity index (χ1) is 12.6. The minimum atomic E-state index is -3.97. The van der Waals surface area contributed by atoms with Crippen molar-refractivity contribution in [2.24, 2.45) is 17.8 Å². The van der Waals surface area contributed by atoms with E-state index >= 15 is 0 Å². The lowest BCUT2D eigenvalue weighted by Gasteiger charge is -2.45. The third-order valence-electron chi connectivity index (χ3n) is 5.47. The highest BCUT2D eigenvalue weighted by atomic mass is 32.2.